The van der Waals surface area contributed by atoms with Gasteiger partial charge in [0.1, 0.15) is 12.3 Å². The first kappa shape index (κ1) is 19.5. The third-order valence-corrected chi connectivity index (χ3v) is 5.80. The van der Waals surface area contributed by atoms with Crippen LogP contribution in [0, 0.1) is 5.92 Å². The molecule has 0 unspecified atom stereocenters. The Morgan fingerprint density at radius 1 is 1.07 bits per heavy atom. The number of carbonyl (C=O) groups excluding carboxylic acids is 2. The highest BCUT2D eigenvalue weighted by Crippen LogP contribution is 2.32. The molecule has 2 aliphatic rings. The summed E-state index contributed by atoms with van der Waals surface area (Å²) in [5.41, 5.74) is 1.57. The molecule has 2 heterocycles. The lowest BCUT2D eigenvalue weighted by Gasteiger charge is -2.35. The maximum Gasteiger partial charge on any atom is 0.242 e. The second kappa shape index (κ2) is 8.66. The number of rotatable bonds is 4. The third-order valence-electron chi connectivity index (χ3n) is 5.80. The molecule has 0 saturated carbocycles. The molecule has 152 valence electrons. The minimum absolute atomic E-state index is 0.0190. The molecular formula is C23H26N2O4. The molecule has 0 bridgehead atoms. The van der Waals surface area contributed by atoms with Gasteiger partial charge in [0.2, 0.25) is 11.8 Å². The van der Waals surface area contributed by atoms with Crippen LogP contribution in [0.5, 0.6) is 5.75 Å². The van der Waals surface area contributed by atoms with E-state index in [1.807, 2.05) is 54.6 Å². The van der Waals surface area contributed by atoms with Gasteiger partial charge in [-0.15, -0.1) is 0 Å². The van der Waals surface area contributed by atoms with E-state index >= 15 is 0 Å². The number of aliphatic hydroxyl groups is 1. The van der Waals surface area contributed by atoms with Gasteiger partial charge in [-0.25, -0.2) is 0 Å². The van der Waals surface area contributed by atoms with Crippen molar-refractivity contribution in [2.45, 2.75) is 25.4 Å². The topological polar surface area (TPSA) is 70.1 Å². The smallest absolute Gasteiger partial charge is 0.242 e. The van der Waals surface area contributed by atoms with E-state index in [1.165, 1.54) is 4.90 Å². The third kappa shape index (κ3) is 4.27. The monoisotopic (exact) mass is 394 g/mol. The molecule has 1 saturated heterocycles. The highest BCUT2D eigenvalue weighted by atomic mass is 16.5. The van der Waals surface area contributed by atoms with E-state index < -0.39 is 6.10 Å². The molecule has 6 heteroatoms. The lowest BCUT2D eigenvalue weighted by atomic mass is 9.87. The van der Waals surface area contributed by atoms with Crippen LogP contribution in [0.2, 0.25) is 0 Å². The quantitative estimate of drug-likeness (QED) is 0.866. The first-order valence-corrected chi connectivity index (χ1v) is 10.2. The fourth-order valence-corrected chi connectivity index (χ4v) is 4.12. The molecule has 0 aromatic heterocycles. The zero-order valence-corrected chi connectivity index (χ0v) is 16.4. The van der Waals surface area contributed by atoms with E-state index in [4.69, 9.17) is 4.74 Å². The number of nitrogens with zero attached hydrogens (tertiary/aromatic N) is 2. The van der Waals surface area contributed by atoms with E-state index in [0.29, 0.717) is 31.1 Å². The Morgan fingerprint density at radius 3 is 2.52 bits per heavy atom. The van der Waals surface area contributed by atoms with Crippen molar-refractivity contribution < 1.29 is 19.4 Å². The summed E-state index contributed by atoms with van der Waals surface area (Å²) >= 11 is 0. The average Bonchev–Trinajstić information content (AvgIpc) is 2.93. The lowest BCUT2D eigenvalue weighted by Crippen LogP contribution is -2.46. The molecule has 0 radical (unpaired) electrons. The summed E-state index contributed by atoms with van der Waals surface area (Å²) in [6.45, 7) is 1.52. The largest absolute Gasteiger partial charge is 0.491 e. The molecule has 2 aromatic rings. The standard InChI is InChI=1S/C23H26N2O4/c26-21-12-15-29-20-9-5-4-8-19(20)25(21)16-22(27)24-13-10-18(11-14-24)23(28)17-6-2-1-3-7-17/h1-9,18,23,28H,10-16H2/t23-/m1/s1. The molecule has 4 rings (SSSR count). The second-order valence-corrected chi connectivity index (χ2v) is 7.62. The normalized spacial score (nSPS) is 18.6. The van der Waals surface area contributed by atoms with Gasteiger partial charge in [-0.05, 0) is 36.5 Å². The van der Waals surface area contributed by atoms with Crippen molar-refractivity contribution in [1.29, 1.82) is 0 Å². The number of anilines is 1. The SMILES string of the molecule is O=C(CN1C(=O)CCOc2ccccc21)N1CCC([C@H](O)c2ccccc2)CC1. The van der Waals surface area contributed by atoms with Gasteiger partial charge in [0.15, 0.2) is 0 Å². The first-order chi connectivity index (χ1) is 14.1. The van der Waals surface area contributed by atoms with Crippen LogP contribution in [0.4, 0.5) is 5.69 Å². The molecule has 2 aromatic carbocycles. The number of carbonyl (C=O) groups is 2. The average molecular weight is 394 g/mol. The van der Waals surface area contributed by atoms with Crippen LogP contribution in [0.3, 0.4) is 0 Å². The summed E-state index contributed by atoms with van der Waals surface area (Å²) in [6, 6.07) is 17.0. The predicted molar refractivity (Wildman–Crippen MR) is 110 cm³/mol. The number of aliphatic hydroxyl groups excluding tert-OH is 1. The van der Waals surface area contributed by atoms with Gasteiger partial charge in [0, 0.05) is 13.1 Å². The number of hydrogen-bond donors (Lipinski definition) is 1. The summed E-state index contributed by atoms with van der Waals surface area (Å²) in [4.78, 5) is 28.8. The Balaban J connectivity index is 1.38. The zero-order chi connectivity index (χ0) is 20.2. The van der Waals surface area contributed by atoms with Crippen LogP contribution >= 0.6 is 0 Å². The van der Waals surface area contributed by atoms with Gasteiger partial charge >= 0.3 is 0 Å². The number of para-hydroxylation sites is 2. The zero-order valence-electron chi connectivity index (χ0n) is 16.4. The molecule has 2 amide bonds. The molecule has 29 heavy (non-hydrogen) atoms. The summed E-state index contributed by atoms with van der Waals surface area (Å²) in [6.07, 6.45) is 1.24. The molecule has 0 spiro atoms. The number of amides is 2. The summed E-state index contributed by atoms with van der Waals surface area (Å²) < 4.78 is 5.64. The maximum absolute atomic E-state index is 12.9. The van der Waals surface area contributed by atoms with Crippen molar-refractivity contribution in [1.82, 2.24) is 4.90 Å². The van der Waals surface area contributed by atoms with Crippen LogP contribution in [0.25, 0.3) is 0 Å². The number of fused-ring (bicyclic) bond motifs is 1. The maximum atomic E-state index is 12.9. The summed E-state index contributed by atoms with van der Waals surface area (Å²) in [5.74, 6) is 0.603. The number of benzene rings is 2. The van der Waals surface area contributed by atoms with Crippen molar-refractivity contribution in [3.05, 3.63) is 60.2 Å². The van der Waals surface area contributed by atoms with Crippen molar-refractivity contribution in [2.75, 3.05) is 31.1 Å². The molecule has 6 nitrogen and oxygen atoms in total. The van der Waals surface area contributed by atoms with Gasteiger partial charge in [-0.2, -0.15) is 0 Å². The van der Waals surface area contributed by atoms with Crippen molar-refractivity contribution in [3.8, 4) is 5.75 Å². The molecule has 0 aliphatic carbocycles. The molecule has 2 aliphatic heterocycles. The predicted octanol–water partition coefficient (Wildman–Crippen LogP) is 2.77. The number of likely N-dealkylation sites (tertiary alicyclic amines) is 1. The number of ether oxygens (including phenoxy) is 1. The molecule has 1 fully saturated rings. The van der Waals surface area contributed by atoms with E-state index in [2.05, 4.69) is 0 Å². The Labute approximate surface area is 170 Å². The van der Waals surface area contributed by atoms with Gasteiger partial charge in [0.05, 0.1) is 24.8 Å². The van der Waals surface area contributed by atoms with Gasteiger partial charge in [-0.3, -0.25) is 14.5 Å². The minimum atomic E-state index is -0.510. The number of hydrogen-bond acceptors (Lipinski definition) is 4. The van der Waals surface area contributed by atoms with Gasteiger partial charge < -0.3 is 14.7 Å². The fourth-order valence-electron chi connectivity index (χ4n) is 4.12. The van der Waals surface area contributed by atoms with Crippen LogP contribution < -0.4 is 9.64 Å². The van der Waals surface area contributed by atoms with Crippen molar-refractivity contribution in [3.63, 3.8) is 0 Å². The van der Waals surface area contributed by atoms with Gasteiger partial charge in [0.25, 0.3) is 0 Å². The lowest BCUT2D eigenvalue weighted by molar-refractivity contribution is -0.133. The Bertz CT molecular complexity index is 862. The van der Waals surface area contributed by atoms with Crippen LogP contribution in [-0.2, 0) is 9.59 Å². The van der Waals surface area contributed by atoms with Gasteiger partial charge in [-0.1, -0.05) is 42.5 Å². The second-order valence-electron chi connectivity index (χ2n) is 7.62. The van der Waals surface area contributed by atoms with Crippen LogP contribution in [0.15, 0.2) is 54.6 Å². The van der Waals surface area contributed by atoms with E-state index in [1.54, 1.807) is 4.90 Å². The fraction of sp³-hybridized carbons (Fsp3) is 0.391. The highest BCUT2D eigenvalue weighted by Gasteiger charge is 2.31. The molecular weight excluding hydrogens is 368 g/mol. The first-order valence-electron chi connectivity index (χ1n) is 10.2. The Morgan fingerprint density at radius 2 is 1.76 bits per heavy atom. The van der Waals surface area contributed by atoms with Crippen LogP contribution in [-0.4, -0.2) is 48.1 Å². The summed E-state index contributed by atoms with van der Waals surface area (Å²) in [7, 11) is 0. The van der Waals surface area contributed by atoms with Crippen molar-refractivity contribution >= 4 is 17.5 Å². The highest BCUT2D eigenvalue weighted by molar-refractivity contribution is 6.00. The Hall–Kier alpha value is -2.86. The molecule has 1 N–H and O–H groups in total. The van der Waals surface area contributed by atoms with E-state index in [0.717, 1.165) is 18.4 Å². The summed E-state index contributed by atoms with van der Waals surface area (Å²) in [5, 5.41) is 10.6. The molecule has 1 atom stereocenters. The van der Waals surface area contributed by atoms with E-state index in [-0.39, 0.29) is 30.7 Å². The Kier molecular flexibility index (Phi) is 5.81. The minimum Gasteiger partial charge on any atom is -0.491 e. The van der Waals surface area contributed by atoms with Crippen molar-refractivity contribution in [2.24, 2.45) is 5.92 Å². The number of piperidine rings is 1. The van der Waals surface area contributed by atoms with E-state index in [9.17, 15) is 14.7 Å². The van der Waals surface area contributed by atoms with Crippen LogP contribution in [0.1, 0.15) is 30.9 Å².